The van der Waals surface area contributed by atoms with Gasteiger partial charge in [0.05, 0.1) is 28.2 Å². The van der Waals surface area contributed by atoms with Gasteiger partial charge in [-0.15, -0.1) is 11.3 Å². The highest BCUT2D eigenvalue weighted by atomic mass is 32.1. The predicted molar refractivity (Wildman–Crippen MR) is 88.0 cm³/mol. The van der Waals surface area contributed by atoms with Crippen LogP contribution in [0.25, 0.3) is 11.0 Å². The molecule has 0 spiro atoms. The predicted octanol–water partition coefficient (Wildman–Crippen LogP) is 2.47. The van der Waals surface area contributed by atoms with Crippen molar-refractivity contribution in [3.63, 3.8) is 0 Å². The van der Waals surface area contributed by atoms with E-state index in [4.69, 9.17) is 0 Å². The molecule has 0 unspecified atom stereocenters. The summed E-state index contributed by atoms with van der Waals surface area (Å²) >= 11 is 1.57. The zero-order valence-corrected chi connectivity index (χ0v) is 13.5. The maximum Gasteiger partial charge on any atom is 0.226 e. The number of nitrogens with one attached hydrogen (secondary N) is 1. The number of rotatable bonds is 5. The Labute approximate surface area is 133 Å². The minimum absolute atomic E-state index is 0.00683. The number of amides is 1. The van der Waals surface area contributed by atoms with Crippen molar-refractivity contribution < 1.29 is 4.79 Å². The van der Waals surface area contributed by atoms with Crippen LogP contribution in [-0.4, -0.2) is 27.0 Å². The Morgan fingerprint density at radius 3 is 2.86 bits per heavy atom. The van der Waals surface area contributed by atoms with Gasteiger partial charge >= 0.3 is 0 Å². The molecule has 1 amide bonds. The number of fused-ring (bicyclic) bond motifs is 1. The molecule has 2 aromatic heterocycles. The van der Waals surface area contributed by atoms with Gasteiger partial charge in [-0.2, -0.15) is 0 Å². The quantitative estimate of drug-likeness (QED) is 0.787. The first-order valence-electron chi connectivity index (χ1n) is 7.23. The van der Waals surface area contributed by atoms with Gasteiger partial charge in [-0.1, -0.05) is 12.1 Å². The molecule has 22 heavy (non-hydrogen) atoms. The van der Waals surface area contributed by atoms with Crippen LogP contribution in [0.5, 0.6) is 0 Å². The Morgan fingerprint density at radius 2 is 2.09 bits per heavy atom. The number of carbonyl (C=O) groups is 1. The van der Waals surface area contributed by atoms with Crippen molar-refractivity contribution in [1.82, 2.24) is 19.9 Å². The summed E-state index contributed by atoms with van der Waals surface area (Å²) in [5.41, 5.74) is 2.93. The van der Waals surface area contributed by atoms with E-state index in [0.717, 1.165) is 27.6 Å². The molecule has 3 rings (SSSR count). The smallest absolute Gasteiger partial charge is 0.226 e. The normalized spacial score (nSPS) is 11.0. The van der Waals surface area contributed by atoms with Crippen molar-refractivity contribution in [2.75, 3.05) is 6.54 Å². The van der Waals surface area contributed by atoms with Gasteiger partial charge < -0.3 is 9.88 Å². The second kappa shape index (κ2) is 6.27. The van der Waals surface area contributed by atoms with Crippen LogP contribution in [0, 0.1) is 13.8 Å². The lowest BCUT2D eigenvalue weighted by Gasteiger charge is -2.08. The van der Waals surface area contributed by atoms with E-state index in [2.05, 4.69) is 25.9 Å². The first kappa shape index (κ1) is 14.7. The summed E-state index contributed by atoms with van der Waals surface area (Å²) in [7, 11) is 0. The third-order valence-electron chi connectivity index (χ3n) is 3.51. The molecule has 114 valence electrons. The Morgan fingerprint density at radius 1 is 1.27 bits per heavy atom. The molecule has 6 heteroatoms. The fraction of sp³-hybridized carbons (Fsp3) is 0.312. The highest BCUT2D eigenvalue weighted by molar-refractivity contribution is 7.09. The number of carbonyl (C=O) groups excluding carboxylic acids is 1. The van der Waals surface area contributed by atoms with E-state index >= 15 is 0 Å². The van der Waals surface area contributed by atoms with E-state index in [1.165, 1.54) is 0 Å². The van der Waals surface area contributed by atoms with Gasteiger partial charge in [-0.3, -0.25) is 4.79 Å². The second-order valence-electron chi connectivity index (χ2n) is 5.18. The number of nitrogens with zero attached hydrogens (tertiary/aromatic N) is 3. The van der Waals surface area contributed by atoms with Crippen LogP contribution >= 0.6 is 11.3 Å². The van der Waals surface area contributed by atoms with Gasteiger partial charge in [-0.25, -0.2) is 9.97 Å². The molecule has 0 aliphatic heterocycles. The molecule has 1 N–H and O–H groups in total. The molecule has 0 fully saturated rings. The molecule has 3 aromatic rings. The fourth-order valence-corrected chi connectivity index (χ4v) is 3.11. The highest BCUT2D eigenvalue weighted by Crippen LogP contribution is 2.14. The zero-order valence-electron chi connectivity index (χ0n) is 12.7. The SMILES string of the molecule is Cc1nc(CC(=O)NCCn2c(C)nc3ccccc32)cs1. The maximum absolute atomic E-state index is 11.9. The Balaban J connectivity index is 1.58. The average Bonchev–Trinajstić information content (AvgIpc) is 3.03. The van der Waals surface area contributed by atoms with Gasteiger partial charge in [-0.05, 0) is 26.0 Å². The van der Waals surface area contributed by atoms with Crippen LogP contribution in [0.15, 0.2) is 29.6 Å². The number of hydrogen-bond donors (Lipinski definition) is 1. The molecule has 0 saturated carbocycles. The van der Waals surface area contributed by atoms with Crippen molar-refractivity contribution in [3.8, 4) is 0 Å². The first-order valence-corrected chi connectivity index (χ1v) is 8.11. The average molecular weight is 314 g/mol. The van der Waals surface area contributed by atoms with Crippen molar-refractivity contribution >= 4 is 28.3 Å². The summed E-state index contributed by atoms with van der Waals surface area (Å²) in [5.74, 6) is 0.970. The molecular weight excluding hydrogens is 296 g/mol. The molecular formula is C16H18N4OS. The van der Waals surface area contributed by atoms with E-state index < -0.39 is 0 Å². The van der Waals surface area contributed by atoms with Crippen molar-refractivity contribution in [2.24, 2.45) is 0 Å². The van der Waals surface area contributed by atoms with Crippen LogP contribution in [0.2, 0.25) is 0 Å². The summed E-state index contributed by atoms with van der Waals surface area (Å²) in [6, 6.07) is 8.04. The zero-order chi connectivity index (χ0) is 15.5. The molecule has 0 radical (unpaired) electrons. The summed E-state index contributed by atoms with van der Waals surface area (Å²) in [6.07, 6.45) is 0.341. The third kappa shape index (κ3) is 3.17. The van der Waals surface area contributed by atoms with Crippen LogP contribution in [0.1, 0.15) is 16.5 Å². The summed E-state index contributed by atoms with van der Waals surface area (Å²) in [4.78, 5) is 20.8. The molecule has 0 aliphatic rings. The van der Waals surface area contributed by atoms with Gasteiger partial charge in [0.25, 0.3) is 0 Å². The van der Waals surface area contributed by atoms with Crippen LogP contribution < -0.4 is 5.32 Å². The first-order chi connectivity index (χ1) is 10.6. The van der Waals surface area contributed by atoms with Crippen LogP contribution in [0.3, 0.4) is 0 Å². The van der Waals surface area contributed by atoms with E-state index in [1.54, 1.807) is 11.3 Å². The lowest BCUT2D eigenvalue weighted by molar-refractivity contribution is -0.120. The number of aryl methyl sites for hydroxylation is 2. The number of thiazole rings is 1. The molecule has 0 aliphatic carbocycles. The molecule has 0 atom stereocenters. The van der Waals surface area contributed by atoms with E-state index in [1.807, 2.05) is 37.4 Å². The number of hydrogen-bond acceptors (Lipinski definition) is 4. The summed E-state index contributed by atoms with van der Waals surface area (Å²) < 4.78 is 2.13. The minimum Gasteiger partial charge on any atom is -0.354 e. The molecule has 5 nitrogen and oxygen atoms in total. The van der Waals surface area contributed by atoms with Crippen molar-refractivity contribution in [2.45, 2.75) is 26.8 Å². The molecule has 2 heterocycles. The largest absolute Gasteiger partial charge is 0.354 e. The Kier molecular flexibility index (Phi) is 4.20. The minimum atomic E-state index is 0.00683. The lowest BCUT2D eigenvalue weighted by Crippen LogP contribution is -2.28. The van der Waals surface area contributed by atoms with Crippen LogP contribution in [-0.2, 0) is 17.8 Å². The summed E-state index contributed by atoms with van der Waals surface area (Å²) in [6.45, 7) is 5.23. The van der Waals surface area contributed by atoms with E-state index in [-0.39, 0.29) is 5.91 Å². The highest BCUT2D eigenvalue weighted by Gasteiger charge is 2.08. The van der Waals surface area contributed by atoms with Crippen molar-refractivity contribution in [3.05, 3.63) is 46.2 Å². The monoisotopic (exact) mass is 314 g/mol. The number of imidazole rings is 1. The number of para-hydroxylation sites is 2. The molecule has 0 bridgehead atoms. The molecule has 1 aromatic carbocycles. The van der Waals surface area contributed by atoms with Gasteiger partial charge in [0.2, 0.25) is 5.91 Å². The van der Waals surface area contributed by atoms with Gasteiger partial charge in [0.15, 0.2) is 0 Å². The number of benzene rings is 1. The Bertz CT molecular complexity index is 805. The fourth-order valence-electron chi connectivity index (χ4n) is 2.50. The standard InChI is InChI=1S/C16H18N4OS/c1-11-18-14-5-3-4-6-15(14)20(11)8-7-17-16(21)9-13-10-22-12(2)19-13/h3-6,10H,7-9H2,1-2H3,(H,17,21). The topological polar surface area (TPSA) is 59.8 Å². The van der Waals surface area contributed by atoms with E-state index in [0.29, 0.717) is 19.5 Å². The lowest BCUT2D eigenvalue weighted by atomic mass is 10.3. The van der Waals surface area contributed by atoms with Crippen LogP contribution in [0.4, 0.5) is 0 Å². The number of aromatic nitrogens is 3. The third-order valence-corrected chi connectivity index (χ3v) is 4.33. The maximum atomic E-state index is 11.9. The Hall–Kier alpha value is -2.21. The molecule has 0 saturated heterocycles. The van der Waals surface area contributed by atoms with E-state index in [9.17, 15) is 4.79 Å². The van der Waals surface area contributed by atoms with Gasteiger partial charge in [0, 0.05) is 18.5 Å². The summed E-state index contributed by atoms with van der Waals surface area (Å²) in [5, 5.41) is 5.87. The second-order valence-corrected chi connectivity index (χ2v) is 6.25. The van der Waals surface area contributed by atoms with Crippen molar-refractivity contribution in [1.29, 1.82) is 0 Å². The van der Waals surface area contributed by atoms with Gasteiger partial charge in [0.1, 0.15) is 5.82 Å².